The average Bonchev–Trinajstić information content (AvgIpc) is 2.77. The van der Waals surface area contributed by atoms with Gasteiger partial charge in [0.1, 0.15) is 17.3 Å². The second-order valence-corrected chi connectivity index (χ2v) is 5.03. The number of ether oxygens (including phenoxy) is 1. The highest BCUT2D eigenvalue weighted by atomic mass is 35.5. The molecular formula is C14H11Cl2N3O. The van der Waals surface area contributed by atoms with E-state index in [4.69, 9.17) is 33.7 Å². The van der Waals surface area contributed by atoms with Gasteiger partial charge in [-0.25, -0.2) is 4.98 Å². The summed E-state index contributed by atoms with van der Waals surface area (Å²) in [5, 5.41) is 1.05. The summed E-state index contributed by atoms with van der Waals surface area (Å²) in [5.41, 5.74) is 7.96. The summed E-state index contributed by atoms with van der Waals surface area (Å²) in [6.07, 6.45) is 1.80. The van der Waals surface area contributed by atoms with Crippen LogP contribution in [0.4, 0.5) is 5.82 Å². The first-order chi connectivity index (χ1) is 9.63. The van der Waals surface area contributed by atoms with Crippen LogP contribution in [0.3, 0.4) is 0 Å². The minimum atomic E-state index is 0.467. The van der Waals surface area contributed by atoms with Crippen molar-refractivity contribution in [2.24, 2.45) is 0 Å². The topological polar surface area (TPSA) is 52.5 Å². The highest BCUT2D eigenvalue weighted by Gasteiger charge is 2.19. The molecule has 0 atom stereocenters. The number of methoxy groups -OCH3 is 1. The fourth-order valence-electron chi connectivity index (χ4n) is 2.14. The molecule has 0 fully saturated rings. The molecule has 0 bridgehead atoms. The number of nitrogens with zero attached hydrogens (tertiary/aromatic N) is 2. The first-order valence-electron chi connectivity index (χ1n) is 5.88. The summed E-state index contributed by atoms with van der Waals surface area (Å²) in [4.78, 5) is 4.49. The van der Waals surface area contributed by atoms with Crippen LogP contribution in [-0.4, -0.2) is 16.5 Å². The van der Waals surface area contributed by atoms with Gasteiger partial charge in [-0.2, -0.15) is 0 Å². The fourth-order valence-corrected chi connectivity index (χ4v) is 2.60. The van der Waals surface area contributed by atoms with Gasteiger partial charge in [0.15, 0.2) is 5.65 Å². The summed E-state index contributed by atoms with van der Waals surface area (Å²) < 4.78 is 7.06. The Morgan fingerprint density at radius 3 is 2.60 bits per heavy atom. The van der Waals surface area contributed by atoms with E-state index in [-0.39, 0.29) is 0 Å². The molecule has 0 saturated carbocycles. The lowest BCUT2D eigenvalue weighted by atomic mass is 10.1. The number of nitrogens with two attached hydrogens (primary N) is 1. The lowest BCUT2D eigenvalue weighted by molar-refractivity contribution is 0.416. The van der Waals surface area contributed by atoms with E-state index in [9.17, 15) is 0 Å². The molecule has 102 valence electrons. The maximum atomic E-state index is 6.26. The number of benzene rings is 1. The monoisotopic (exact) mass is 307 g/mol. The number of rotatable bonds is 2. The predicted octanol–water partition coefficient (Wildman–Crippen LogP) is 3.90. The van der Waals surface area contributed by atoms with Crippen molar-refractivity contribution in [3.8, 4) is 17.0 Å². The van der Waals surface area contributed by atoms with Crippen LogP contribution < -0.4 is 10.5 Å². The van der Waals surface area contributed by atoms with Gasteiger partial charge in [-0.05, 0) is 24.3 Å². The highest BCUT2D eigenvalue weighted by molar-refractivity contribution is 6.34. The molecule has 4 nitrogen and oxygen atoms in total. The molecule has 3 aromatic rings. The first-order valence-corrected chi connectivity index (χ1v) is 6.64. The van der Waals surface area contributed by atoms with Crippen molar-refractivity contribution in [2.45, 2.75) is 0 Å². The highest BCUT2D eigenvalue weighted by Crippen LogP contribution is 2.39. The third-order valence-corrected chi connectivity index (χ3v) is 3.68. The zero-order valence-corrected chi connectivity index (χ0v) is 12.1. The van der Waals surface area contributed by atoms with E-state index in [1.165, 1.54) is 0 Å². The van der Waals surface area contributed by atoms with Crippen LogP contribution >= 0.6 is 23.2 Å². The van der Waals surface area contributed by atoms with Crippen molar-refractivity contribution < 1.29 is 4.74 Å². The van der Waals surface area contributed by atoms with Crippen LogP contribution in [0.1, 0.15) is 0 Å². The molecule has 3 rings (SSSR count). The maximum absolute atomic E-state index is 6.26. The van der Waals surface area contributed by atoms with E-state index in [0.717, 1.165) is 0 Å². The standard InChI is InChI=1S/C14H11Cl2N3O/c1-20-10-6-2-4-8(15)11(10)12-13(17)19-7-3-5-9(16)14(19)18-12/h2-7H,17H2,1H3. The van der Waals surface area contributed by atoms with Crippen LogP contribution in [0, 0.1) is 0 Å². The van der Waals surface area contributed by atoms with Crippen molar-refractivity contribution >= 4 is 34.7 Å². The van der Waals surface area contributed by atoms with Gasteiger partial charge in [-0.3, -0.25) is 4.40 Å². The number of anilines is 1. The number of hydrogen-bond donors (Lipinski definition) is 1. The fraction of sp³-hybridized carbons (Fsp3) is 0.0714. The van der Waals surface area contributed by atoms with Crippen LogP contribution in [0.25, 0.3) is 16.9 Å². The van der Waals surface area contributed by atoms with E-state index < -0.39 is 0 Å². The minimum absolute atomic E-state index is 0.467. The van der Waals surface area contributed by atoms with Crippen LogP contribution in [0.15, 0.2) is 36.5 Å². The van der Waals surface area contributed by atoms with Crippen LogP contribution in [-0.2, 0) is 0 Å². The van der Waals surface area contributed by atoms with E-state index in [0.29, 0.717) is 38.5 Å². The van der Waals surface area contributed by atoms with Gasteiger partial charge < -0.3 is 10.5 Å². The van der Waals surface area contributed by atoms with Gasteiger partial charge in [0.25, 0.3) is 0 Å². The molecule has 0 aliphatic rings. The lowest BCUT2D eigenvalue weighted by Gasteiger charge is -2.08. The zero-order chi connectivity index (χ0) is 14.3. The number of fused-ring (bicyclic) bond motifs is 1. The molecule has 1 aromatic carbocycles. The Balaban J connectivity index is 2.36. The lowest BCUT2D eigenvalue weighted by Crippen LogP contribution is -1.95. The van der Waals surface area contributed by atoms with E-state index >= 15 is 0 Å². The Hall–Kier alpha value is -1.91. The van der Waals surface area contributed by atoms with Crippen molar-refractivity contribution in [3.05, 3.63) is 46.6 Å². The summed E-state index contributed by atoms with van der Waals surface area (Å²) in [7, 11) is 1.58. The second-order valence-electron chi connectivity index (χ2n) is 4.21. The smallest absolute Gasteiger partial charge is 0.157 e. The SMILES string of the molecule is COc1cccc(Cl)c1-c1nc2c(Cl)cccn2c1N. The minimum Gasteiger partial charge on any atom is -0.496 e. The average molecular weight is 308 g/mol. The molecule has 6 heteroatoms. The maximum Gasteiger partial charge on any atom is 0.157 e. The van der Waals surface area contributed by atoms with Gasteiger partial charge >= 0.3 is 0 Å². The van der Waals surface area contributed by atoms with Crippen molar-refractivity contribution in [1.82, 2.24) is 9.38 Å². The van der Waals surface area contributed by atoms with Gasteiger partial charge in [-0.15, -0.1) is 0 Å². The number of halogens is 2. The number of imidazole rings is 1. The van der Waals surface area contributed by atoms with Gasteiger partial charge in [-0.1, -0.05) is 29.3 Å². The molecule has 0 unspecified atom stereocenters. The van der Waals surface area contributed by atoms with Gasteiger partial charge in [0.05, 0.1) is 22.7 Å². The van der Waals surface area contributed by atoms with Gasteiger partial charge in [0.2, 0.25) is 0 Å². The normalized spacial score (nSPS) is 10.9. The summed E-state index contributed by atoms with van der Waals surface area (Å²) in [5.74, 6) is 1.08. The number of nitrogen functional groups attached to an aromatic ring is 1. The largest absolute Gasteiger partial charge is 0.496 e. The Kier molecular flexibility index (Phi) is 3.20. The Labute approximate surface area is 125 Å². The van der Waals surface area contributed by atoms with E-state index in [1.54, 1.807) is 35.9 Å². The summed E-state index contributed by atoms with van der Waals surface area (Å²) >= 11 is 12.4. The second kappa shape index (κ2) is 4.89. The van der Waals surface area contributed by atoms with E-state index in [2.05, 4.69) is 4.98 Å². The first kappa shape index (κ1) is 13.1. The molecule has 0 saturated heterocycles. The van der Waals surface area contributed by atoms with E-state index in [1.807, 2.05) is 12.1 Å². The molecule has 2 aromatic heterocycles. The predicted molar refractivity (Wildman–Crippen MR) is 81.6 cm³/mol. The third-order valence-electron chi connectivity index (χ3n) is 3.07. The third kappa shape index (κ3) is 1.88. The number of aromatic nitrogens is 2. The quantitative estimate of drug-likeness (QED) is 0.781. The summed E-state index contributed by atoms with van der Waals surface area (Å²) in [6.45, 7) is 0. The Morgan fingerprint density at radius 1 is 1.15 bits per heavy atom. The molecule has 0 aliphatic carbocycles. The molecule has 0 radical (unpaired) electrons. The number of hydrogen-bond acceptors (Lipinski definition) is 3. The van der Waals surface area contributed by atoms with Crippen molar-refractivity contribution in [3.63, 3.8) is 0 Å². The van der Waals surface area contributed by atoms with Crippen LogP contribution in [0.5, 0.6) is 5.75 Å². The molecule has 2 heterocycles. The molecule has 20 heavy (non-hydrogen) atoms. The molecule has 0 amide bonds. The molecule has 0 spiro atoms. The zero-order valence-electron chi connectivity index (χ0n) is 10.6. The van der Waals surface area contributed by atoms with Crippen molar-refractivity contribution in [1.29, 1.82) is 0 Å². The molecular weight excluding hydrogens is 297 g/mol. The van der Waals surface area contributed by atoms with Gasteiger partial charge in [0, 0.05) is 6.20 Å². The number of pyridine rings is 1. The molecule has 0 aliphatic heterocycles. The Morgan fingerprint density at radius 2 is 1.90 bits per heavy atom. The molecule has 2 N–H and O–H groups in total. The summed E-state index contributed by atoms with van der Waals surface area (Å²) in [6, 6.07) is 8.96. The van der Waals surface area contributed by atoms with Crippen LogP contribution in [0.2, 0.25) is 10.0 Å². The van der Waals surface area contributed by atoms with Crippen molar-refractivity contribution in [2.75, 3.05) is 12.8 Å². The Bertz CT molecular complexity index is 798.